The molecule has 0 unspecified atom stereocenters. The summed E-state index contributed by atoms with van der Waals surface area (Å²) in [5.41, 5.74) is 1.05. The number of anilines is 1. The summed E-state index contributed by atoms with van der Waals surface area (Å²) in [6.45, 7) is 5.12. The second-order valence-electron chi connectivity index (χ2n) is 6.13. The number of amides is 1. The van der Waals surface area contributed by atoms with Crippen LogP contribution < -0.4 is 14.4 Å². The summed E-state index contributed by atoms with van der Waals surface area (Å²) in [5, 5.41) is -0.0264. The largest absolute Gasteiger partial charge is 0.492 e. The number of rotatable bonds is 6. The number of ether oxygens (including phenoxy) is 2. The van der Waals surface area contributed by atoms with Crippen molar-refractivity contribution in [2.24, 2.45) is 0 Å². The quantitative estimate of drug-likeness (QED) is 0.753. The molecule has 0 spiro atoms. The van der Waals surface area contributed by atoms with Crippen molar-refractivity contribution in [1.29, 1.82) is 0 Å². The van der Waals surface area contributed by atoms with Gasteiger partial charge < -0.3 is 19.3 Å². The van der Waals surface area contributed by atoms with E-state index in [-0.39, 0.29) is 17.5 Å². The van der Waals surface area contributed by atoms with E-state index in [1.165, 1.54) is 18.2 Å². The number of hydrogen-bond acceptors (Lipinski definition) is 4. The molecule has 1 aliphatic rings. The molecule has 0 radical (unpaired) electrons. The Hall–Kier alpha value is -2.47. The molecule has 7 heteroatoms. The molecule has 27 heavy (non-hydrogen) atoms. The van der Waals surface area contributed by atoms with Gasteiger partial charge in [-0.15, -0.1) is 0 Å². The zero-order chi connectivity index (χ0) is 19.2. The van der Waals surface area contributed by atoms with E-state index in [1.807, 2.05) is 31.2 Å². The lowest BCUT2D eigenvalue weighted by atomic mass is 10.2. The Bertz CT molecular complexity index is 795. The van der Waals surface area contributed by atoms with Crippen molar-refractivity contribution >= 4 is 23.2 Å². The summed E-state index contributed by atoms with van der Waals surface area (Å²) in [4.78, 5) is 16.4. The molecule has 0 atom stereocenters. The first-order valence-corrected chi connectivity index (χ1v) is 9.28. The van der Waals surface area contributed by atoms with Gasteiger partial charge in [0.15, 0.2) is 6.61 Å². The Morgan fingerprint density at radius 1 is 1.11 bits per heavy atom. The molecule has 1 aliphatic heterocycles. The molecule has 144 valence electrons. The molecule has 0 saturated carbocycles. The molecule has 1 heterocycles. The second-order valence-corrected chi connectivity index (χ2v) is 6.54. The first-order chi connectivity index (χ1) is 13.1. The van der Waals surface area contributed by atoms with Crippen LogP contribution in [0.15, 0.2) is 42.5 Å². The summed E-state index contributed by atoms with van der Waals surface area (Å²) in [6.07, 6.45) is 0. The third kappa shape index (κ3) is 4.83. The zero-order valence-electron chi connectivity index (χ0n) is 15.2. The standard InChI is InChI=1S/C20H22ClFN2O3/c1-2-26-19-6-4-3-5-18(19)23-9-11-24(12-10-23)20(25)14-27-15-7-8-17(22)16(21)13-15/h3-8,13H,2,9-12,14H2,1H3. The Labute approximate surface area is 163 Å². The van der Waals surface area contributed by atoms with E-state index >= 15 is 0 Å². The number of nitrogens with zero attached hydrogens (tertiary/aromatic N) is 2. The van der Waals surface area contributed by atoms with Gasteiger partial charge in [-0.3, -0.25) is 4.79 Å². The Morgan fingerprint density at radius 3 is 2.56 bits per heavy atom. The van der Waals surface area contributed by atoms with E-state index in [9.17, 15) is 9.18 Å². The van der Waals surface area contributed by atoms with Crippen LogP contribution in [0.3, 0.4) is 0 Å². The van der Waals surface area contributed by atoms with Gasteiger partial charge >= 0.3 is 0 Å². The average molecular weight is 393 g/mol. The first-order valence-electron chi connectivity index (χ1n) is 8.91. The van der Waals surface area contributed by atoms with Crippen LogP contribution in [0.2, 0.25) is 5.02 Å². The number of hydrogen-bond donors (Lipinski definition) is 0. The Morgan fingerprint density at radius 2 is 1.85 bits per heavy atom. The minimum Gasteiger partial charge on any atom is -0.492 e. The number of carbonyl (C=O) groups excluding carboxylic acids is 1. The molecule has 0 N–H and O–H groups in total. The fourth-order valence-electron chi connectivity index (χ4n) is 3.00. The number of halogens is 2. The van der Waals surface area contributed by atoms with Gasteiger partial charge in [0.25, 0.3) is 5.91 Å². The van der Waals surface area contributed by atoms with Crippen molar-refractivity contribution in [1.82, 2.24) is 4.90 Å². The van der Waals surface area contributed by atoms with Crippen molar-refractivity contribution in [3.63, 3.8) is 0 Å². The van der Waals surface area contributed by atoms with Crippen molar-refractivity contribution in [2.45, 2.75) is 6.92 Å². The summed E-state index contributed by atoms with van der Waals surface area (Å²) >= 11 is 5.72. The van der Waals surface area contributed by atoms with Gasteiger partial charge in [0.1, 0.15) is 17.3 Å². The Balaban J connectivity index is 1.53. The van der Waals surface area contributed by atoms with E-state index in [4.69, 9.17) is 21.1 Å². The lowest BCUT2D eigenvalue weighted by Gasteiger charge is -2.36. The summed E-state index contributed by atoms with van der Waals surface area (Å²) < 4.78 is 24.3. The van der Waals surface area contributed by atoms with E-state index in [0.717, 1.165) is 24.5 Å². The predicted molar refractivity (Wildman–Crippen MR) is 103 cm³/mol. The zero-order valence-corrected chi connectivity index (χ0v) is 15.9. The van der Waals surface area contributed by atoms with Gasteiger partial charge in [-0.25, -0.2) is 4.39 Å². The molecule has 2 aromatic carbocycles. The molecule has 0 aliphatic carbocycles. The highest BCUT2D eigenvalue weighted by Gasteiger charge is 2.23. The van der Waals surface area contributed by atoms with Crippen molar-refractivity contribution in [3.8, 4) is 11.5 Å². The van der Waals surface area contributed by atoms with Crippen LogP contribution >= 0.6 is 11.6 Å². The lowest BCUT2D eigenvalue weighted by Crippen LogP contribution is -2.50. The number of benzene rings is 2. The summed E-state index contributed by atoms with van der Waals surface area (Å²) in [7, 11) is 0. The lowest BCUT2D eigenvalue weighted by molar-refractivity contribution is -0.133. The smallest absolute Gasteiger partial charge is 0.260 e. The van der Waals surface area contributed by atoms with Crippen LogP contribution in [-0.2, 0) is 4.79 Å². The topological polar surface area (TPSA) is 42.0 Å². The van der Waals surface area contributed by atoms with Crippen molar-refractivity contribution in [2.75, 3.05) is 44.3 Å². The van der Waals surface area contributed by atoms with Gasteiger partial charge in [-0.2, -0.15) is 0 Å². The molecule has 3 rings (SSSR count). The minimum absolute atomic E-state index is 0.0264. The van der Waals surface area contributed by atoms with Crippen LogP contribution in [-0.4, -0.2) is 50.2 Å². The van der Waals surface area contributed by atoms with Gasteiger partial charge in [0.05, 0.1) is 17.3 Å². The fourth-order valence-corrected chi connectivity index (χ4v) is 3.17. The second kappa shape index (κ2) is 8.95. The molecule has 1 amide bonds. The number of piperazine rings is 1. The van der Waals surface area contributed by atoms with E-state index in [0.29, 0.717) is 25.4 Å². The molecule has 0 aromatic heterocycles. The van der Waals surface area contributed by atoms with Crippen LogP contribution in [0, 0.1) is 5.82 Å². The van der Waals surface area contributed by atoms with Gasteiger partial charge in [0.2, 0.25) is 0 Å². The third-order valence-electron chi connectivity index (χ3n) is 4.39. The monoisotopic (exact) mass is 392 g/mol. The molecule has 2 aromatic rings. The SMILES string of the molecule is CCOc1ccccc1N1CCN(C(=O)COc2ccc(F)c(Cl)c2)CC1. The molecule has 1 saturated heterocycles. The molecule has 1 fully saturated rings. The number of carbonyl (C=O) groups is 1. The first kappa shape index (κ1) is 19.3. The maximum atomic E-state index is 13.2. The van der Waals surface area contributed by atoms with Gasteiger partial charge in [-0.1, -0.05) is 23.7 Å². The van der Waals surface area contributed by atoms with E-state index in [1.54, 1.807) is 4.90 Å². The highest BCUT2D eigenvalue weighted by molar-refractivity contribution is 6.30. The molecule has 5 nitrogen and oxygen atoms in total. The maximum Gasteiger partial charge on any atom is 0.260 e. The predicted octanol–water partition coefficient (Wildman–Crippen LogP) is 3.61. The average Bonchev–Trinajstić information content (AvgIpc) is 2.69. The van der Waals surface area contributed by atoms with Crippen LogP contribution in [0.25, 0.3) is 0 Å². The summed E-state index contributed by atoms with van der Waals surface area (Å²) in [5.74, 6) is 0.613. The van der Waals surface area contributed by atoms with Crippen LogP contribution in [0.1, 0.15) is 6.92 Å². The van der Waals surface area contributed by atoms with E-state index < -0.39 is 5.82 Å². The van der Waals surface area contributed by atoms with Crippen LogP contribution in [0.5, 0.6) is 11.5 Å². The summed E-state index contributed by atoms with van der Waals surface area (Å²) in [6, 6.07) is 12.0. The minimum atomic E-state index is -0.515. The normalized spacial score (nSPS) is 14.2. The van der Waals surface area contributed by atoms with Crippen molar-refractivity contribution in [3.05, 3.63) is 53.3 Å². The maximum absolute atomic E-state index is 13.2. The van der Waals surface area contributed by atoms with Gasteiger partial charge in [0, 0.05) is 32.2 Å². The number of para-hydroxylation sites is 2. The van der Waals surface area contributed by atoms with E-state index in [2.05, 4.69) is 4.90 Å². The molecular formula is C20H22ClFN2O3. The highest BCUT2D eigenvalue weighted by Crippen LogP contribution is 2.29. The third-order valence-corrected chi connectivity index (χ3v) is 4.68. The molecular weight excluding hydrogens is 371 g/mol. The molecule has 0 bridgehead atoms. The van der Waals surface area contributed by atoms with Gasteiger partial charge in [-0.05, 0) is 31.2 Å². The Kier molecular flexibility index (Phi) is 6.40. The highest BCUT2D eigenvalue weighted by atomic mass is 35.5. The fraction of sp³-hybridized carbons (Fsp3) is 0.350. The van der Waals surface area contributed by atoms with Crippen molar-refractivity contribution < 1.29 is 18.7 Å². The van der Waals surface area contributed by atoms with Crippen LogP contribution in [0.4, 0.5) is 10.1 Å².